The lowest BCUT2D eigenvalue weighted by Crippen LogP contribution is -2.07. The van der Waals surface area contributed by atoms with Crippen LogP contribution in [0.3, 0.4) is 0 Å². The Morgan fingerprint density at radius 2 is 1.67 bits per heavy atom. The van der Waals surface area contributed by atoms with Gasteiger partial charge >= 0.3 is 5.97 Å². The zero-order valence-corrected chi connectivity index (χ0v) is 13.9. The van der Waals surface area contributed by atoms with E-state index in [9.17, 15) is 14.1 Å². The number of methoxy groups -OCH3 is 1. The van der Waals surface area contributed by atoms with Crippen molar-refractivity contribution in [1.29, 1.82) is 0 Å². The van der Waals surface area contributed by atoms with Crippen molar-refractivity contribution in [3.8, 4) is 0 Å². The van der Waals surface area contributed by atoms with Crippen molar-refractivity contribution in [2.75, 3.05) is 7.11 Å². The molecule has 0 bridgehead atoms. The van der Waals surface area contributed by atoms with E-state index >= 15 is 0 Å². The van der Waals surface area contributed by atoms with Gasteiger partial charge in [-0.1, -0.05) is 42.5 Å². The van der Waals surface area contributed by atoms with Crippen molar-refractivity contribution < 1.29 is 18.8 Å². The first-order valence-electron chi connectivity index (χ1n) is 7.38. The highest BCUT2D eigenvalue weighted by molar-refractivity contribution is 7.85. The van der Waals surface area contributed by atoms with E-state index in [0.717, 1.165) is 10.8 Å². The summed E-state index contributed by atoms with van der Waals surface area (Å²) in [5.74, 6) is -0.526. The highest BCUT2D eigenvalue weighted by Crippen LogP contribution is 2.30. The molecule has 0 aliphatic rings. The number of aliphatic hydroxyl groups excluding tert-OH is 1. The number of carbonyl (C=O) groups excluding carboxylic acids is 1. The molecule has 122 valence electrons. The van der Waals surface area contributed by atoms with Crippen LogP contribution in [-0.4, -0.2) is 22.4 Å². The van der Waals surface area contributed by atoms with Gasteiger partial charge in [-0.15, -0.1) is 0 Å². The number of aliphatic hydroxyl groups is 1. The van der Waals surface area contributed by atoms with Crippen molar-refractivity contribution >= 4 is 27.5 Å². The van der Waals surface area contributed by atoms with Crippen molar-refractivity contribution in [2.45, 2.75) is 16.4 Å². The zero-order chi connectivity index (χ0) is 17.1. The molecule has 3 aromatic carbocycles. The van der Waals surface area contributed by atoms with Crippen LogP contribution in [0, 0.1) is 0 Å². The third-order valence-corrected chi connectivity index (χ3v) is 5.31. The molecule has 1 atom stereocenters. The Morgan fingerprint density at radius 3 is 2.38 bits per heavy atom. The standard InChI is InChI=1S/C19H16O4S/c1-23-19(21)15-9-2-3-10-16(15)24(22)17-11-5-7-13-6-4-8-14(12-20)18(13)17/h2-11,20H,12H2,1H3. The second-order valence-corrected chi connectivity index (χ2v) is 6.60. The summed E-state index contributed by atoms with van der Waals surface area (Å²) in [4.78, 5) is 12.9. The molecule has 0 saturated heterocycles. The van der Waals surface area contributed by atoms with E-state index in [0.29, 0.717) is 15.4 Å². The van der Waals surface area contributed by atoms with Gasteiger partial charge in [0.05, 0.1) is 39.9 Å². The van der Waals surface area contributed by atoms with Gasteiger partial charge in [0, 0.05) is 5.39 Å². The Labute approximate surface area is 142 Å². The molecule has 5 heteroatoms. The van der Waals surface area contributed by atoms with Crippen LogP contribution in [-0.2, 0) is 22.1 Å². The van der Waals surface area contributed by atoms with E-state index in [-0.39, 0.29) is 12.2 Å². The van der Waals surface area contributed by atoms with E-state index in [1.165, 1.54) is 7.11 Å². The Hall–Kier alpha value is -2.50. The Bertz CT molecular complexity index is 928. The lowest BCUT2D eigenvalue weighted by Gasteiger charge is -2.12. The lowest BCUT2D eigenvalue weighted by atomic mass is 10.1. The van der Waals surface area contributed by atoms with E-state index in [4.69, 9.17) is 4.74 Å². The van der Waals surface area contributed by atoms with E-state index < -0.39 is 16.8 Å². The Kier molecular flexibility index (Phi) is 4.74. The molecule has 0 aliphatic heterocycles. The number of carbonyl (C=O) groups is 1. The normalized spacial score (nSPS) is 12.1. The first-order valence-corrected chi connectivity index (χ1v) is 8.53. The molecule has 1 N–H and O–H groups in total. The average molecular weight is 340 g/mol. The van der Waals surface area contributed by atoms with Crippen LogP contribution in [0.4, 0.5) is 0 Å². The maximum atomic E-state index is 13.2. The summed E-state index contributed by atoms with van der Waals surface area (Å²) >= 11 is 0. The summed E-state index contributed by atoms with van der Waals surface area (Å²) in [5, 5.41) is 11.3. The number of rotatable bonds is 4. The maximum absolute atomic E-state index is 13.2. The van der Waals surface area contributed by atoms with Crippen LogP contribution >= 0.6 is 0 Å². The van der Waals surface area contributed by atoms with E-state index in [1.807, 2.05) is 24.3 Å². The molecular formula is C19H16O4S. The van der Waals surface area contributed by atoms with Gasteiger partial charge in [-0.05, 0) is 29.1 Å². The molecular weight excluding hydrogens is 324 g/mol. The molecule has 0 spiro atoms. The predicted molar refractivity (Wildman–Crippen MR) is 92.3 cm³/mol. The van der Waals surface area contributed by atoms with Crippen molar-refractivity contribution in [2.24, 2.45) is 0 Å². The predicted octanol–water partition coefficient (Wildman–Crippen LogP) is 3.29. The second-order valence-electron chi connectivity index (χ2n) is 5.19. The highest BCUT2D eigenvalue weighted by atomic mass is 32.2. The quantitative estimate of drug-likeness (QED) is 0.740. The molecule has 0 aliphatic carbocycles. The number of ether oxygens (including phenoxy) is 1. The van der Waals surface area contributed by atoms with E-state index in [2.05, 4.69) is 0 Å². The fraction of sp³-hybridized carbons (Fsp3) is 0.105. The SMILES string of the molecule is COC(=O)c1ccccc1S(=O)c1cccc2cccc(CO)c12. The molecule has 0 radical (unpaired) electrons. The van der Waals surface area contributed by atoms with Crippen LogP contribution in [0.5, 0.6) is 0 Å². The molecule has 0 amide bonds. The van der Waals surface area contributed by atoms with Gasteiger partial charge in [0.25, 0.3) is 0 Å². The number of fused-ring (bicyclic) bond motifs is 1. The van der Waals surface area contributed by atoms with Gasteiger partial charge < -0.3 is 9.84 Å². The summed E-state index contributed by atoms with van der Waals surface area (Å²) in [5.41, 5.74) is 0.976. The molecule has 3 aromatic rings. The summed E-state index contributed by atoms with van der Waals surface area (Å²) in [7, 11) is -0.283. The van der Waals surface area contributed by atoms with Crippen LogP contribution in [0.25, 0.3) is 10.8 Å². The van der Waals surface area contributed by atoms with Crippen LogP contribution < -0.4 is 0 Å². The Morgan fingerprint density at radius 1 is 1.00 bits per heavy atom. The number of hydrogen-bond acceptors (Lipinski definition) is 4. The molecule has 1 unspecified atom stereocenters. The number of hydrogen-bond donors (Lipinski definition) is 1. The highest BCUT2D eigenvalue weighted by Gasteiger charge is 2.19. The Balaban J connectivity index is 2.23. The first kappa shape index (κ1) is 16.4. The minimum atomic E-state index is -1.58. The van der Waals surface area contributed by atoms with Gasteiger partial charge in [0.1, 0.15) is 0 Å². The smallest absolute Gasteiger partial charge is 0.339 e. The van der Waals surface area contributed by atoms with Crippen molar-refractivity contribution in [3.63, 3.8) is 0 Å². The molecule has 4 nitrogen and oxygen atoms in total. The van der Waals surface area contributed by atoms with Gasteiger partial charge in [0.2, 0.25) is 0 Å². The summed E-state index contributed by atoms with van der Waals surface area (Å²) < 4.78 is 18.0. The second kappa shape index (κ2) is 6.95. The van der Waals surface area contributed by atoms with Crippen LogP contribution in [0.15, 0.2) is 70.5 Å². The third-order valence-electron chi connectivity index (χ3n) is 3.81. The maximum Gasteiger partial charge on any atom is 0.339 e. The summed E-state index contributed by atoms with van der Waals surface area (Å²) in [6.07, 6.45) is 0. The minimum Gasteiger partial charge on any atom is -0.465 e. The van der Waals surface area contributed by atoms with Crippen LogP contribution in [0.1, 0.15) is 15.9 Å². The first-order chi connectivity index (χ1) is 11.7. The van der Waals surface area contributed by atoms with Gasteiger partial charge in [0.15, 0.2) is 0 Å². The third kappa shape index (κ3) is 2.84. The summed E-state index contributed by atoms with van der Waals surface area (Å²) in [6, 6.07) is 17.7. The molecule has 0 fully saturated rings. The molecule has 3 rings (SSSR count). The monoisotopic (exact) mass is 340 g/mol. The molecule has 0 saturated carbocycles. The zero-order valence-electron chi connectivity index (χ0n) is 13.1. The van der Waals surface area contributed by atoms with Crippen molar-refractivity contribution in [1.82, 2.24) is 0 Å². The fourth-order valence-electron chi connectivity index (χ4n) is 2.69. The van der Waals surface area contributed by atoms with Gasteiger partial charge in [-0.2, -0.15) is 0 Å². The molecule has 0 heterocycles. The minimum absolute atomic E-state index is 0.149. The van der Waals surface area contributed by atoms with Crippen LogP contribution in [0.2, 0.25) is 0 Å². The van der Waals surface area contributed by atoms with E-state index in [1.54, 1.807) is 36.4 Å². The molecule has 24 heavy (non-hydrogen) atoms. The average Bonchev–Trinajstić information content (AvgIpc) is 2.65. The molecule has 0 aromatic heterocycles. The largest absolute Gasteiger partial charge is 0.465 e. The fourth-order valence-corrected chi connectivity index (χ4v) is 4.12. The number of esters is 1. The van der Waals surface area contributed by atoms with Gasteiger partial charge in [-0.3, -0.25) is 0 Å². The lowest BCUT2D eigenvalue weighted by molar-refractivity contribution is 0.0596. The summed E-state index contributed by atoms with van der Waals surface area (Å²) in [6.45, 7) is -0.149. The van der Waals surface area contributed by atoms with Crippen molar-refractivity contribution in [3.05, 3.63) is 71.8 Å². The topological polar surface area (TPSA) is 63.6 Å². The van der Waals surface area contributed by atoms with Gasteiger partial charge in [-0.25, -0.2) is 9.00 Å². The number of benzene rings is 3.